The summed E-state index contributed by atoms with van der Waals surface area (Å²) >= 11 is 0. The lowest BCUT2D eigenvalue weighted by molar-refractivity contribution is -0.143. The van der Waals surface area contributed by atoms with E-state index >= 15 is 0 Å². The molecule has 16 nitrogen and oxygen atoms in total. The number of hydrogen-bond acceptors (Lipinski definition) is 9. The Hall–Kier alpha value is -4.05. The normalized spacial score (nSPS) is 15.4. The number of aliphatic carboxylic acids is 1. The molecule has 260 valence electrons. The van der Waals surface area contributed by atoms with Crippen molar-refractivity contribution in [2.45, 2.75) is 104 Å². The Morgan fingerprint density at radius 3 is 1.59 bits per heavy atom. The monoisotopic (exact) mass is 652 g/mol. The third kappa shape index (κ3) is 12.7. The lowest BCUT2D eigenvalue weighted by Gasteiger charge is -2.29. The zero-order valence-electron chi connectivity index (χ0n) is 27.9. The first-order valence-corrected chi connectivity index (χ1v) is 15.5. The SMILES string of the molecule is CC(C)C[C@H](NC(=O)[C@@H](NC(=O)[C@H](Cc1cnc[nH]1)NC(=O)[C@@H](NC(=O)[C@@H](N)CO)C(C)C)C(C)C)C(=O)N[C@H](C(=O)O)C(C)C. The molecule has 0 unspecified atom stereocenters. The highest BCUT2D eigenvalue weighted by atomic mass is 16.4. The van der Waals surface area contributed by atoms with Gasteiger partial charge in [0.1, 0.15) is 36.3 Å². The van der Waals surface area contributed by atoms with E-state index in [4.69, 9.17) is 5.73 Å². The lowest BCUT2D eigenvalue weighted by atomic mass is 9.98. The molecule has 0 spiro atoms. The summed E-state index contributed by atoms with van der Waals surface area (Å²) < 4.78 is 0. The second kappa shape index (κ2) is 18.8. The zero-order chi connectivity index (χ0) is 35.3. The molecule has 0 saturated heterocycles. The average Bonchev–Trinajstić information content (AvgIpc) is 3.47. The van der Waals surface area contributed by atoms with Crippen molar-refractivity contribution in [1.29, 1.82) is 0 Å². The van der Waals surface area contributed by atoms with Gasteiger partial charge in [-0.25, -0.2) is 9.78 Å². The van der Waals surface area contributed by atoms with E-state index in [2.05, 4.69) is 36.6 Å². The molecule has 0 bridgehead atoms. The molecule has 0 aliphatic carbocycles. The highest BCUT2D eigenvalue weighted by Gasteiger charge is 2.35. The molecule has 1 aromatic heterocycles. The minimum Gasteiger partial charge on any atom is -0.480 e. The van der Waals surface area contributed by atoms with Gasteiger partial charge in [-0.15, -0.1) is 0 Å². The summed E-state index contributed by atoms with van der Waals surface area (Å²) in [5.41, 5.74) is 6.09. The lowest BCUT2D eigenvalue weighted by Crippen LogP contribution is -2.61. The van der Waals surface area contributed by atoms with Crippen molar-refractivity contribution < 1.29 is 39.0 Å². The fourth-order valence-electron chi connectivity index (χ4n) is 4.49. The molecule has 0 radical (unpaired) electrons. The van der Waals surface area contributed by atoms with Gasteiger partial charge in [0.15, 0.2) is 0 Å². The first kappa shape index (κ1) is 40.0. The molecule has 1 rings (SSSR count). The number of carboxylic acids is 1. The minimum absolute atomic E-state index is 0.0386. The molecule has 6 atom stereocenters. The van der Waals surface area contributed by atoms with Crippen LogP contribution in [0.2, 0.25) is 0 Å². The maximum Gasteiger partial charge on any atom is 0.326 e. The van der Waals surface area contributed by atoms with Gasteiger partial charge in [-0.3, -0.25) is 24.0 Å². The van der Waals surface area contributed by atoms with Crippen LogP contribution >= 0.6 is 0 Å². The summed E-state index contributed by atoms with van der Waals surface area (Å²) in [7, 11) is 0. The summed E-state index contributed by atoms with van der Waals surface area (Å²) in [5.74, 6) is -6.00. The van der Waals surface area contributed by atoms with Crippen LogP contribution in [0.4, 0.5) is 0 Å². The summed E-state index contributed by atoms with van der Waals surface area (Å²) in [4.78, 5) is 84.5. The van der Waals surface area contributed by atoms with E-state index in [-0.39, 0.29) is 18.8 Å². The van der Waals surface area contributed by atoms with Crippen LogP contribution in [0.3, 0.4) is 0 Å². The molecular weight excluding hydrogens is 600 g/mol. The number of nitrogens with two attached hydrogens (primary N) is 1. The van der Waals surface area contributed by atoms with Crippen LogP contribution in [-0.2, 0) is 35.2 Å². The van der Waals surface area contributed by atoms with Crippen LogP contribution in [-0.4, -0.2) is 98.5 Å². The van der Waals surface area contributed by atoms with E-state index in [0.717, 1.165) is 0 Å². The predicted octanol–water partition coefficient (Wildman–Crippen LogP) is -1.21. The van der Waals surface area contributed by atoms with Gasteiger partial charge >= 0.3 is 5.97 Å². The fraction of sp³-hybridized carbons (Fsp3) is 0.700. The van der Waals surface area contributed by atoms with Gasteiger partial charge in [0.25, 0.3) is 0 Å². The highest BCUT2D eigenvalue weighted by molar-refractivity contribution is 5.96. The largest absolute Gasteiger partial charge is 0.480 e. The standard InChI is InChI=1S/C30H52N8O8/c1-14(2)9-20(26(41)38-24(17(7)8)30(45)46)34-29(44)23(16(5)6)37-27(42)21(10-18-11-32-13-33-18)35-28(43)22(15(3)4)36-25(40)19(31)12-39/h11,13-17,19-24,39H,9-10,12,31H2,1-8H3,(H,32,33)(H,34,44)(H,35,43)(H,36,40)(H,37,42)(H,38,41)(H,45,46)/t19-,20-,21-,22-,23-,24-/m0/s1. The summed E-state index contributed by atoms with van der Waals surface area (Å²) in [6.07, 6.45) is 3.04. The van der Waals surface area contributed by atoms with Gasteiger partial charge in [0, 0.05) is 18.3 Å². The molecule has 16 heteroatoms. The second-order valence-corrected chi connectivity index (χ2v) is 12.9. The van der Waals surface area contributed by atoms with E-state index in [1.807, 2.05) is 13.8 Å². The summed E-state index contributed by atoms with van der Waals surface area (Å²) in [5, 5.41) is 31.7. The number of aromatic amines is 1. The number of carbonyl (C=O) groups is 6. The van der Waals surface area contributed by atoms with Crippen LogP contribution in [0.15, 0.2) is 12.5 Å². The van der Waals surface area contributed by atoms with E-state index < -0.39 is 96.1 Å². The number of hydrogen-bond donors (Lipinski definition) is 9. The number of H-pyrrole nitrogens is 1. The predicted molar refractivity (Wildman–Crippen MR) is 169 cm³/mol. The van der Waals surface area contributed by atoms with Crippen LogP contribution in [0, 0.1) is 23.7 Å². The van der Waals surface area contributed by atoms with Crippen LogP contribution in [0.5, 0.6) is 0 Å². The van der Waals surface area contributed by atoms with Crippen molar-refractivity contribution in [3.8, 4) is 0 Å². The van der Waals surface area contributed by atoms with Gasteiger partial charge in [-0.05, 0) is 30.1 Å². The summed E-state index contributed by atoms with van der Waals surface area (Å²) in [6.45, 7) is 13.1. The maximum absolute atomic E-state index is 13.7. The number of imidazole rings is 1. The number of rotatable bonds is 19. The second-order valence-electron chi connectivity index (χ2n) is 12.9. The van der Waals surface area contributed by atoms with E-state index in [1.54, 1.807) is 41.5 Å². The number of aliphatic hydroxyl groups is 1. The Bertz CT molecular complexity index is 1170. The van der Waals surface area contributed by atoms with Gasteiger partial charge < -0.3 is 47.5 Å². The molecule has 0 aliphatic rings. The quantitative estimate of drug-likeness (QED) is 0.0862. The maximum atomic E-state index is 13.7. The van der Waals surface area contributed by atoms with Gasteiger partial charge in [0.05, 0.1) is 12.9 Å². The van der Waals surface area contributed by atoms with Gasteiger partial charge in [0.2, 0.25) is 29.5 Å². The number of carboxylic acid groups (broad SMARTS) is 1. The third-order valence-electron chi connectivity index (χ3n) is 7.21. The molecule has 1 heterocycles. The number of aromatic nitrogens is 2. The fourth-order valence-corrected chi connectivity index (χ4v) is 4.49. The molecule has 1 aromatic rings. The molecule has 0 aliphatic heterocycles. The Balaban J connectivity index is 3.24. The Kier molecular flexibility index (Phi) is 16.3. The van der Waals surface area contributed by atoms with E-state index in [9.17, 15) is 39.0 Å². The number of amides is 5. The van der Waals surface area contributed by atoms with E-state index in [1.165, 1.54) is 12.5 Å². The average molecular weight is 653 g/mol. The number of aliphatic hydroxyl groups excluding tert-OH is 1. The third-order valence-corrected chi connectivity index (χ3v) is 7.21. The first-order chi connectivity index (χ1) is 21.4. The van der Waals surface area contributed by atoms with Crippen molar-refractivity contribution in [1.82, 2.24) is 36.6 Å². The van der Waals surface area contributed by atoms with Gasteiger partial charge in [-0.2, -0.15) is 0 Å². The van der Waals surface area contributed by atoms with Crippen molar-refractivity contribution >= 4 is 35.5 Å². The van der Waals surface area contributed by atoms with Crippen molar-refractivity contribution in [2.24, 2.45) is 29.4 Å². The number of nitrogens with zero attached hydrogens (tertiary/aromatic N) is 1. The molecule has 5 amide bonds. The molecule has 0 saturated carbocycles. The Morgan fingerprint density at radius 1 is 0.717 bits per heavy atom. The molecular formula is C30H52N8O8. The van der Waals surface area contributed by atoms with E-state index in [0.29, 0.717) is 5.69 Å². The smallest absolute Gasteiger partial charge is 0.326 e. The van der Waals surface area contributed by atoms with Crippen molar-refractivity contribution in [3.05, 3.63) is 18.2 Å². The first-order valence-electron chi connectivity index (χ1n) is 15.5. The molecule has 46 heavy (non-hydrogen) atoms. The topological polar surface area (TPSA) is 258 Å². The molecule has 0 aromatic carbocycles. The zero-order valence-corrected chi connectivity index (χ0v) is 27.9. The minimum atomic E-state index is -1.24. The van der Waals surface area contributed by atoms with Crippen molar-refractivity contribution in [2.75, 3.05) is 6.61 Å². The number of nitrogens with one attached hydrogen (secondary N) is 6. The molecule has 10 N–H and O–H groups in total. The van der Waals surface area contributed by atoms with Crippen LogP contribution < -0.4 is 32.3 Å². The summed E-state index contributed by atoms with van der Waals surface area (Å²) in [6, 6.07) is -6.94. The molecule has 0 fully saturated rings. The highest BCUT2D eigenvalue weighted by Crippen LogP contribution is 2.11. The number of carbonyl (C=O) groups excluding carboxylic acids is 5. The van der Waals surface area contributed by atoms with Crippen LogP contribution in [0.1, 0.15) is 67.5 Å². The van der Waals surface area contributed by atoms with Gasteiger partial charge in [-0.1, -0.05) is 55.4 Å². The Morgan fingerprint density at radius 2 is 1.17 bits per heavy atom. The van der Waals surface area contributed by atoms with Crippen LogP contribution in [0.25, 0.3) is 0 Å². The Labute approximate surface area is 269 Å². The van der Waals surface area contributed by atoms with Crippen molar-refractivity contribution in [3.63, 3.8) is 0 Å².